The molecule has 2 aromatic rings. The second-order valence-corrected chi connectivity index (χ2v) is 7.27. The van der Waals surface area contributed by atoms with E-state index >= 15 is 0 Å². The Morgan fingerprint density at radius 1 is 1.37 bits per heavy atom. The Hall–Kier alpha value is -1.25. The van der Waals surface area contributed by atoms with Crippen LogP contribution in [0.3, 0.4) is 0 Å². The number of benzene rings is 1. The number of halogens is 1. The number of anilines is 2. The topological polar surface area (TPSA) is 81.4 Å². The molecule has 0 saturated heterocycles. The third kappa shape index (κ3) is 3.02. The number of hydrogen-bond donors (Lipinski definition) is 2. The SMILES string of the molecule is COc1ccc(N)cc1NS(=O)(=O)c1sccc1Br. The van der Waals surface area contributed by atoms with Gasteiger partial charge in [-0.05, 0) is 45.6 Å². The molecule has 8 heteroatoms. The van der Waals surface area contributed by atoms with E-state index < -0.39 is 10.0 Å². The number of hydrogen-bond acceptors (Lipinski definition) is 5. The van der Waals surface area contributed by atoms with Gasteiger partial charge in [-0.25, -0.2) is 8.42 Å². The van der Waals surface area contributed by atoms with E-state index in [1.165, 1.54) is 13.2 Å². The number of sulfonamides is 1. The highest BCUT2D eigenvalue weighted by atomic mass is 79.9. The zero-order valence-electron chi connectivity index (χ0n) is 9.88. The summed E-state index contributed by atoms with van der Waals surface area (Å²) in [6.07, 6.45) is 0. The third-order valence-electron chi connectivity index (χ3n) is 2.30. The molecule has 1 heterocycles. The minimum absolute atomic E-state index is 0.206. The van der Waals surface area contributed by atoms with Gasteiger partial charge in [0.2, 0.25) is 0 Å². The Kier molecular flexibility index (Phi) is 4.02. The smallest absolute Gasteiger partial charge is 0.272 e. The molecule has 0 unspecified atom stereocenters. The summed E-state index contributed by atoms with van der Waals surface area (Å²) in [7, 11) is -2.20. The van der Waals surface area contributed by atoms with Gasteiger partial charge in [0.05, 0.1) is 12.8 Å². The van der Waals surface area contributed by atoms with Crippen molar-refractivity contribution in [3.63, 3.8) is 0 Å². The molecule has 102 valence electrons. The molecule has 0 aliphatic carbocycles. The molecule has 0 radical (unpaired) electrons. The van der Waals surface area contributed by atoms with Crippen LogP contribution in [0.2, 0.25) is 0 Å². The van der Waals surface area contributed by atoms with Gasteiger partial charge in [0, 0.05) is 10.2 Å². The molecule has 0 fully saturated rings. The van der Waals surface area contributed by atoms with Crippen molar-refractivity contribution in [2.24, 2.45) is 0 Å². The standard InChI is InChI=1S/C11H11BrN2O3S2/c1-17-10-3-2-7(13)6-9(10)14-19(15,16)11-8(12)4-5-18-11/h2-6,14H,13H2,1H3. The largest absolute Gasteiger partial charge is 0.495 e. The van der Waals surface area contributed by atoms with Crippen LogP contribution in [-0.2, 0) is 10.0 Å². The van der Waals surface area contributed by atoms with Crippen molar-refractivity contribution in [2.45, 2.75) is 4.21 Å². The number of ether oxygens (including phenoxy) is 1. The van der Waals surface area contributed by atoms with Crippen LogP contribution in [0.15, 0.2) is 38.3 Å². The fraction of sp³-hybridized carbons (Fsp3) is 0.0909. The predicted octanol–water partition coefficient (Wildman–Crippen LogP) is 2.90. The van der Waals surface area contributed by atoms with Crippen LogP contribution < -0.4 is 15.2 Å². The average molecular weight is 363 g/mol. The molecule has 1 aromatic carbocycles. The number of thiophene rings is 1. The second kappa shape index (κ2) is 5.40. The summed E-state index contributed by atoms with van der Waals surface area (Å²) in [5.74, 6) is 0.408. The lowest BCUT2D eigenvalue weighted by Crippen LogP contribution is -2.13. The predicted molar refractivity (Wildman–Crippen MR) is 80.2 cm³/mol. The Labute approximate surface area is 123 Å². The molecule has 0 spiro atoms. The van der Waals surface area contributed by atoms with Crippen LogP contribution in [0.5, 0.6) is 5.75 Å². The summed E-state index contributed by atoms with van der Waals surface area (Å²) in [4.78, 5) is 0. The fourth-order valence-electron chi connectivity index (χ4n) is 1.47. The van der Waals surface area contributed by atoms with Crippen LogP contribution in [0.4, 0.5) is 11.4 Å². The van der Waals surface area contributed by atoms with E-state index in [1.54, 1.807) is 23.6 Å². The van der Waals surface area contributed by atoms with Crippen LogP contribution in [-0.4, -0.2) is 15.5 Å². The molecule has 0 aliphatic rings. The molecule has 3 N–H and O–H groups in total. The van der Waals surface area contributed by atoms with Crippen molar-refractivity contribution in [3.8, 4) is 5.75 Å². The Balaban J connectivity index is 2.41. The normalized spacial score (nSPS) is 11.3. The van der Waals surface area contributed by atoms with Crippen molar-refractivity contribution in [1.82, 2.24) is 0 Å². The lowest BCUT2D eigenvalue weighted by molar-refractivity contribution is 0.417. The van der Waals surface area contributed by atoms with Crippen molar-refractivity contribution < 1.29 is 13.2 Å². The van der Waals surface area contributed by atoms with Gasteiger partial charge in [-0.15, -0.1) is 11.3 Å². The Morgan fingerprint density at radius 3 is 2.68 bits per heavy atom. The molecule has 0 atom stereocenters. The molecule has 5 nitrogen and oxygen atoms in total. The summed E-state index contributed by atoms with van der Waals surface area (Å²) < 4.78 is 32.8. The van der Waals surface area contributed by atoms with E-state index in [-0.39, 0.29) is 4.21 Å². The molecule has 19 heavy (non-hydrogen) atoms. The number of nitrogens with two attached hydrogens (primary N) is 1. The third-order valence-corrected chi connectivity index (χ3v) is 6.33. The minimum Gasteiger partial charge on any atom is -0.495 e. The zero-order valence-corrected chi connectivity index (χ0v) is 13.1. The molecule has 0 amide bonds. The first-order chi connectivity index (χ1) is 8.94. The van der Waals surface area contributed by atoms with Gasteiger partial charge in [-0.2, -0.15) is 0 Å². The highest BCUT2D eigenvalue weighted by Crippen LogP contribution is 2.33. The quantitative estimate of drug-likeness (QED) is 0.819. The molecule has 0 bridgehead atoms. The molecule has 2 rings (SSSR count). The molecular weight excluding hydrogens is 352 g/mol. The van der Waals surface area contributed by atoms with Crippen LogP contribution in [0, 0.1) is 0 Å². The lowest BCUT2D eigenvalue weighted by Gasteiger charge is -2.11. The Bertz CT molecular complexity index is 698. The van der Waals surface area contributed by atoms with Crippen LogP contribution in [0.1, 0.15) is 0 Å². The summed E-state index contributed by atoms with van der Waals surface area (Å²) in [6.45, 7) is 0. The van der Waals surface area contributed by atoms with Crippen molar-refractivity contribution in [1.29, 1.82) is 0 Å². The zero-order chi connectivity index (χ0) is 14.0. The lowest BCUT2D eigenvalue weighted by atomic mass is 10.2. The maximum absolute atomic E-state index is 12.2. The number of nitrogen functional groups attached to an aromatic ring is 1. The maximum Gasteiger partial charge on any atom is 0.272 e. The maximum atomic E-state index is 12.2. The monoisotopic (exact) mass is 362 g/mol. The van der Waals surface area contributed by atoms with Gasteiger partial charge in [0.1, 0.15) is 5.75 Å². The van der Waals surface area contributed by atoms with Crippen molar-refractivity contribution in [3.05, 3.63) is 34.1 Å². The van der Waals surface area contributed by atoms with Crippen LogP contribution >= 0.6 is 27.3 Å². The first-order valence-corrected chi connectivity index (χ1v) is 8.29. The minimum atomic E-state index is -3.66. The number of methoxy groups -OCH3 is 1. The van der Waals surface area contributed by atoms with E-state index in [4.69, 9.17) is 10.5 Å². The van der Waals surface area contributed by atoms with E-state index in [0.29, 0.717) is 21.6 Å². The molecule has 0 saturated carbocycles. The van der Waals surface area contributed by atoms with Gasteiger partial charge in [0.15, 0.2) is 4.21 Å². The van der Waals surface area contributed by atoms with Gasteiger partial charge in [-0.3, -0.25) is 4.72 Å². The first-order valence-electron chi connectivity index (χ1n) is 5.13. The fourth-order valence-corrected chi connectivity index (χ4v) is 4.87. The Morgan fingerprint density at radius 2 is 2.11 bits per heavy atom. The number of rotatable bonds is 4. The summed E-state index contributed by atoms with van der Waals surface area (Å²) >= 11 is 4.32. The highest BCUT2D eigenvalue weighted by Gasteiger charge is 2.20. The molecule has 1 aromatic heterocycles. The van der Waals surface area contributed by atoms with E-state index in [0.717, 1.165) is 11.3 Å². The van der Waals surface area contributed by atoms with Crippen molar-refractivity contribution in [2.75, 3.05) is 17.6 Å². The molecular formula is C11H11BrN2O3S2. The van der Waals surface area contributed by atoms with Gasteiger partial charge >= 0.3 is 0 Å². The van der Waals surface area contributed by atoms with E-state index in [9.17, 15) is 8.42 Å². The summed E-state index contributed by atoms with van der Waals surface area (Å²) in [5.41, 5.74) is 6.41. The van der Waals surface area contributed by atoms with Gasteiger partial charge in [0.25, 0.3) is 10.0 Å². The average Bonchev–Trinajstić information content (AvgIpc) is 2.76. The number of nitrogens with one attached hydrogen (secondary N) is 1. The van der Waals surface area contributed by atoms with Gasteiger partial charge < -0.3 is 10.5 Å². The van der Waals surface area contributed by atoms with Crippen LogP contribution in [0.25, 0.3) is 0 Å². The van der Waals surface area contributed by atoms with E-state index in [2.05, 4.69) is 20.7 Å². The van der Waals surface area contributed by atoms with E-state index in [1.807, 2.05) is 0 Å². The highest BCUT2D eigenvalue weighted by molar-refractivity contribution is 9.10. The summed E-state index contributed by atoms with van der Waals surface area (Å²) in [5, 5.41) is 1.69. The second-order valence-electron chi connectivity index (χ2n) is 3.62. The van der Waals surface area contributed by atoms with Gasteiger partial charge in [-0.1, -0.05) is 0 Å². The summed E-state index contributed by atoms with van der Waals surface area (Å²) in [6, 6.07) is 6.43. The van der Waals surface area contributed by atoms with Crippen molar-refractivity contribution >= 4 is 48.7 Å². The molecule has 0 aliphatic heterocycles. The first kappa shape index (κ1) is 14.2.